The van der Waals surface area contributed by atoms with Crippen molar-refractivity contribution in [2.24, 2.45) is 0 Å². The van der Waals surface area contributed by atoms with Crippen LogP contribution in [0.25, 0.3) is 0 Å². The standard InChI is InChI=1S/C23H43NO4/c1-5-6-7-8-9-10-11-12-13-14-15-16-17-18-23(27)28-21(19-22(25)26)20-24(2,3)4/h17-18,21H,5-16,19-20H2,1-4H3/t21-/m1/s1. The van der Waals surface area contributed by atoms with Gasteiger partial charge in [-0.3, -0.25) is 0 Å². The molecule has 0 aromatic carbocycles. The van der Waals surface area contributed by atoms with Crippen molar-refractivity contribution in [3.05, 3.63) is 12.2 Å². The molecule has 0 N–H and O–H groups in total. The number of hydrogen-bond acceptors (Lipinski definition) is 4. The van der Waals surface area contributed by atoms with Crippen molar-refractivity contribution in [1.29, 1.82) is 0 Å². The number of likely N-dealkylation sites (N-methyl/N-ethyl adjacent to an activating group) is 1. The molecular weight excluding hydrogens is 354 g/mol. The Labute approximate surface area is 172 Å². The molecule has 0 saturated carbocycles. The average molecular weight is 398 g/mol. The molecule has 0 saturated heterocycles. The summed E-state index contributed by atoms with van der Waals surface area (Å²) in [5.41, 5.74) is 0. The number of carboxylic acid groups (broad SMARTS) is 1. The van der Waals surface area contributed by atoms with Crippen molar-refractivity contribution in [2.45, 2.75) is 96.5 Å². The lowest BCUT2D eigenvalue weighted by Crippen LogP contribution is -2.45. The molecule has 0 unspecified atom stereocenters. The van der Waals surface area contributed by atoms with Gasteiger partial charge in [0.25, 0.3) is 0 Å². The van der Waals surface area contributed by atoms with Crippen LogP contribution in [0.1, 0.15) is 90.4 Å². The fourth-order valence-corrected chi connectivity index (χ4v) is 3.25. The van der Waals surface area contributed by atoms with E-state index in [0.717, 1.165) is 12.8 Å². The van der Waals surface area contributed by atoms with E-state index in [-0.39, 0.29) is 6.42 Å². The minimum Gasteiger partial charge on any atom is -0.550 e. The molecule has 0 aliphatic rings. The summed E-state index contributed by atoms with van der Waals surface area (Å²) >= 11 is 0. The summed E-state index contributed by atoms with van der Waals surface area (Å²) in [6.45, 7) is 2.69. The number of hydrogen-bond donors (Lipinski definition) is 0. The second-order valence-corrected chi connectivity index (χ2v) is 8.83. The maximum Gasteiger partial charge on any atom is 0.330 e. The second kappa shape index (κ2) is 16.6. The molecule has 0 spiro atoms. The van der Waals surface area contributed by atoms with Gasteiger partial charge in [0.1, 0.15) is 6.54 Å². The highest BCUT2D eigenvalue weighted by Gasteiger charge is 2.21. The third kappa shape index (κ3) is 19.4. The number of ether oxygens (including phenoxy) is 1. The molecule has 0 aromatic heterocycles. The van der Waals surface area contributed by atoms with E-state index in [9.17, 15) is 14.7 Å². The lowest BCUT2D eigenvalue weighted by atomic mass is 10.1. The fraction of sp³-hybridized carbons (Fsp3) is 0.826. The molecule has 164 valence electrons. The van der Waals surface area contributed by atoms with Gasteiger partial charge < -0.3 is 19.1 Å². The fourth-order valence-electron chi connectivity index (χ4n) is 3.25. The van der Waals surface area contributed by atoms with Gasteiger partial charge in [0.15, 0.2) is 6.10 Å². The van der Waals surface area contributed by atoms with Crippen molar-refractivity contribution in [2.75, 3.05) is 27.7 Å². The molecular formula is C23H43NO4. The first kappa shape index (κ1) is 26.6. The largest absolute Gasteiger partial charge is 0.550 e. The van der Waals surface area contributed by atoms with Crippen LogP contribution in [0.2, 0.25) is 0 Å². The van der Waals surface area contributed by atoms with Crippen molar-refractivity contribution < 1.29 is 23.9 Å². The Morgan fingerprint density at radius 2 is 1.39 bits per heavy atom. The Balaban J connectivity index is 3.77. The molecule has 5 heteroatoms. The van der Waals surface area contributed by atoms with Gasteiger partial charge in [0, 0.05) is 18.5 Å². The van der Waals surface area contributed by atoms with Crippen LogP contribution in [-0.2, 0) is 14.3 Å². The minimum absolute atomic E-state index is 0.270. The number of carboxylic acids is 1. The Kier molecular flexibility index (Phi) is 15.8. The zero-order chi connectivity index (χ0) is 21.3. The zero-order valence-corrected chi connectivity index (χ0v) is 18.7. The molecule has 0 heterocycles. The summed E-state index contributed by atoms with van der Waals surface area (Å²) < 4.78 is 5.80. The van der Waals surface area contributed by atoms with Gasteiger partial charge in [-0.05, 0) is 12.8 Å². The van der Waals surface area contributed by atoms with E-state index in [4.69, 9.17) is 4.74 Å². The number of esters is 1. The van der Waals surface area contributed by atoms with Crippen LogP contribution in [0.15, 0.2) is 12.2 Å². The maximum absolute atomic E-state index is 11.9. The first-order valence-electron chi connectivity index (χ1n) is 11.1. The highest BCUT2D eigenvalue weighted by atomic mass is 16.5. The topological polar surface area (TPSA) is 66.4 Å². The van der Waals surface area contributed by atoms with Gasteiger partial charge in [0.05, 0.1) is 21.1 Å². The molecule has 0 fully saturated rings. The Morgan fingerprint density at radius 3 is 1.86 bits per heavy atom. The van der Waals surface area contributed by atoms with Crippen molar-refractivity contribution in [1.82, 2.24) is 0 Å². The van der Waals surface area contributed by atoms with E-state index in [1.807, 2.05) is 27.2 Å². The molecule has 0 rings (SSSR count). The number of unbranched alkanes of at least 4 members (excludes halogenated alkanes) is 11. The minimum atomic E-state index is -1.20. The summed E-state index contributed by atoms with van der Waals surface area (Å²) in [5, 5.41) is 10.8. The second-order valence-electron chi connectivity index (χ2n) is 8.83. The zero-order valence-electron chi connectivity index (χ0n) is 18.7. The third-order valence-corrected chi connectivity index (χ3v) is 4.66. The molecule has 0 aromatic rings. The number of carbonyl (C=O) groups is 2. The van der Waals surface area contributed by atoms with E-state index < -0.39 is 18.0 Å². The lowest BCUT2D eigenvalue weighted by molar-refractivity contribution is -0.873. The van der Waals surface area contributed by atoms with Crippen LogP contribution >= 0.6 is 0 Å². The van der Waals surface area contributed by atoms with Crippen molar-refractivity contribution in [3.63, 3.8) is 0 Å². The van der Waals surface area contributed by atoms with Gasteiger partial charge >= 0.3 is 5.97 Å². The smallest absolute Gasteiger partial charge is 0.330 e. The molecule has 5 nitrogen and oxygen atoms in total. The average Bonchev–Trinajstić information content (AvgIpc) is 2.56. The summed E-state index contributed by atoms with van der Waals surface area (Å²) in [6, 6.07) is 0. The van der Waals surface area contributed by atoms with Crippen LogP contribution in [0.3, 0.4) is 0 Å². The number of nitrogens with zero attached hydrogens (tertiary/aromatic N) is 1. The van der Waals surface area contributed by atoms with Gasteiger partial charge in [-0.15, -0.1) is 0 Å². The van der Waals surface area contributed by atoms with Crippen molar-refractivity contribution >= 4 is 11.9 Å². The Morgan fingerprint density at radius 1 is 0.893 bits per heavy atom. The van der Waals surface area contributed by atoms with E-state index in [1.54, 1.807) is 0 Å². The SMILES string of the molecule is CCCCCCCCCCCCCC=CC(=O)O[C@H](CC(=O)[O-])C[N+](C)(C)C. The highest BCUT2D eigenvalue weighted by molar-refractivity contribution is 5.82. The summed E-state index contributed by atoms with van der Waals surface area (Å²) in [5.74, 6) is -1.67. The summed E-state index contributed by atoms with van der Waals surface area (Å²) in [7, 11) is 5.79. The van der Waals surface area contributed by atoms with Crippen LogP contribution in [0.4, 0.5) is 0 Å². The lowest BCUT2D eigenvalue weighted by Gasteiger charge is -2.29. The van der Waals surface area contributed by atoms with Crippen LogP contribution in [-0.4, -0.2) is 50.2 Å². The molecule has 0 aliphatic carbocycles. The quantitative estimate of drug-likeness (QED) is 0.152. The van der Waals surface area contributed by atoms with E-state index in [0.29, 0.717) is 11.0 Å². The van der Waals surface area contributed by atoms with Crippen LogP contribution < -0.4 is 5.11 Å². The van der Waals surface area contributed by atoms with E-state index >= 15 is 0 Å². The van der Waals surface area contributed by atoms with Crippen LogP contribution in [0, 0.1) is 0 Å². The molecule has 1 atom stereocenters. The maximum atomic E-state index is 11.9. The predicted octanol–water partition coefficient (Wildman–Crippen LogP) is 4.00. The first-order valence-corrected chi connectivity index (χ1v) is 11.1. The summed E-state index contributed by atoms with van der Waals surface area (Å²) in [6.07, 6.45) is 17.5. The number of carbonyl (C=O) groups excluding carboxylic acids is 2. The number of quaternary nitrogens is 1. The van der Waals surface area contributed by atoms with Gasteiger partial charge in [-0.1, -0.05) is 77.2 Å². The van der Waals surface area contributed by atoms with Crippen LogP contribution in [0.5, 0.6) is 0 Å². The summed E-state index contributed by atoms with van der Waals surface area (Å²) in [4.78, 5) is 22.7. The van der Waals surface area contributed by atoms with Crippen molar-refractivity contribution in [3.8, 4) is 0 Å². The third-order valence-electron chi connectivity index (χ3n) is 4.66. The molecule has 0 amide bonds. The highest BCUT2D eigenvalue weighted by Crippen LogP contribution is 2.12. The molecule has 28 heavy (non-hydrogen) atoms. The van der Waals surface area contributed by atoms with E-state index in [1.165, 1.54) is 70.3 Å². The molecule has 0 radical (unpaired) electrons. The van der Waals surface area contributed by atoms with Gasteiger partial charge in [0.2, 0.25) is 0 Å². The molecule has 0 aliphatic heterocycles. The number of aliphatic carboxylic acids is 1. The van der Waals surface area contributed by atoms with Gasteiger partial charge in [-0.25, -0.2) is 4.79 Å². The monoisotopic (exact) mass is 397 g/mol. The number of allylic oxidation sites excluding steroid dienone is 1. The first-order chi connectivity index (χ1) is 13.2. The normalized spacial score (nSPS) is 13.0. The van der Waals surface area contributed by atoms with E-state index in [2.05, 4.69) is 6.92 Å². The predicted molar refractivity (Wildman–Crippen MR) is 113 cm³/mol. The van der Waals surface area contributed by atoms with Gasteiger partial charge in [-0.2, -0.15) is 0 Å². The number of rotatable bonds is 18. The molecule has 0 bridgehead atoms. The Hall–Kier alpha value is -1.36. The Bertz CT molecular complexity index is 440.